The van der Waals surface area contributed by atoms with E-state index in [1.807, 2.05) is 0 Å². The van der Waals surface area contributed by atoms with Gasteiger partial charge in [-0.05, 0) is 5.82 Å². The third-order valence-corrected chi connectivity index (χ3v) is 3.36. The second-order valence-electron chi connectivity index (χ2n) is 2.54. The molecule has 0 radical (unpaired) electrons. The topological polar surface area (TPSA) is 148 Å². The Labute approximate surface area is 96.8 Å². The van der Waals surface area contributed by atoms with Gasteiger partial charge in [-0.1, -0.05) is 0 Å². The Hall–Kier alpha value is -0.530. The number of hydrogen-bond donors (Lipinski definition) is 0. The van der Waals surface area contributed by atoms with E-state index in [1.54, 1.807) is 0 Å². The molecule has 0 fully saturated rings. The fourth-order valence-electron chi connectivity index (χ4n) is 0.592. The highest BCUT2D eigenvalue weighted by Gasteiger charge is 2.07. The van der Waals surface area contributed by atoms with Crippen molar-refractivity contribution >= 4 is 21.4 Å². The highest BCUT2D eigenvalue weighted by molar-refractivity contribution is 7.63. The van der Waals surface area contributed by atoms with Crippen molar-refractivity contribution in [2.45, 2.75) is 0 Å². The maximum atomic E-state index is 10.8. The summed E-state index contributed by atoms with van der Waals surface area (Å²) in [5.74, 6) is -0.918. The first kappa shape index (κ1) is 16.5. The van der Waals surface area contributed by atoms with Crippen molar-refractivity contribution in [2.24, 2.45) is 0 Å². The van der Waals surface area contributed by atoms with Gasteiger partial charge < -0.3 is 37.6 Å². The van der Waals surface area contributed by atoms with Crippen molar-refractivity contribution in [2.75, 3.05) is 20.3 Å². The summed E-state index contributed by atoms with van der Waals surface area (Å²) in [4.78, 5) is 41.6. The summed E-state index contributed by atoms with van der Waals surface area (Å²) in [6.07, 6.45) is 0.416. The molecule has 1 unspecified atom stereocenters. The Morgan fingerprint density at radius 3 is 2.29 bits per heavy atom. The van der Waals surface area contributed by atoms with Crippen LogP contribution in [0.4, 0.5) is 0 Å². The van der Waals surface area contributed by atoms with Crippen LogP contribution >= 0.6 is 15.4 Å². The molecule has 0 bridgehead atoms. The number of phosphoric acid groups is 1. The standard InChI is InChI=1S/C6H12O9P2/c1-13-3-4-14-6(7)2-5-16(8,9)15-17(10,11)12/h2,5H,3-4H2,1H3,(H,8,9)(H2,10,11,12)/p-3/b5-2+. The summed E-state index contributed by atoms with van der Waals surface area (Å²) < 4.78 is 33.0. The van der Waals surface area contributed by atoms with Gasteiger partial charge in [-0.15, -0.1) is 0 Å². The quantitative estimate of drug-likeness (QED) is 0.226. The van der Waals surface area contributed by atoms with E-state index in [1.165, 1.54) is 7.11 Å². The summed E-state index contributed by atoms with van der Waals surface area (Å²) in [5, 5.41) is 0. The molecule has 11 heteroatoms. The lowest BCUT2D eigenvalue weighted by Gasteiger charge is -2.34. The minimum absolute atomic E-state index is 0.106. The maximum absolute atomic E-state index is 10.8. The van der Waals surface area contributed by atoms with Crippen LogP contribution in [0.25, 0.3) is 0 Å². The van der Waals surface area contributed by atoms with Crippen molar-refractivity contribution in [1.29, 1.82) is 0 Å². The van der Waals surface area contributed by atoms with E-state index in [4.69, 9.17) is 0 Å². The van der Waals surface area contributed by atoms with Gasteiger partial charge in [0.25, 0.3) is 0 Å². The van der Waals surface area contributed by atoms with Gasteiger partial charge in [0, 0.05) is 13.2 Å². The van der Waals surface area contributed by atoms with Crippen LogP contribution in [-0.4, -0.2) is 26.3 Å². The number of esters is 1. The van der Waals surface area contributed by atoms with Crippen molar-refractivity contribution < 1.29 is 42.4 Å². The third-order valence-electron chi connectivity index (χ3n) is 1.14. The first-order valence-corrected chi connectivity index (χ1v) is 7.12. The largest absolute Gasteiger partial charge is 0.790 e. The van der Waals surface area contributed by atoms with Crippen molar-refractivity contribution in [3.63, 3.8) is 0 Å². The number of methoxy groups -OCH3 is 1. The first-order valence-electron chi connectivity index (χ1n) is 4.05. The molecule has 0 aliphatic rings. The Balaban J connectivity index is 4.26. The number of ether oxygens (including phenoxy) is 2. The molecule has 0 saturated heterocycles. The summed E-state index contributed by atoms with van der Waals surface area (Å²) in [5.41, 5.74) is 0. The molecule has 1 atom stereocenters. The lowest BCUT2D eigenvalue weighted by Crippen LogP contribution is -2.17. The van der Waals surface area contributed by atoms with Gasteiger partial charge in [-0.25, -0.2) is 4.79 Å². The Kier molecular flexibility index (Phi) is 6.81. The molecule has 0 aromatic carbocycles. The molecule has 100 valence electrons. The zero-order valence-electron chi connectivity index (χ0n) is 8.64. The predicted molar refractivity (Wildman–Crippen MR) is 48.3 cm³/mol. The van der Waals surface area contributed by atoms with E-state index in [2.05, 4.69) is 13.8 Å². The molecule has 0 aliphatic carbocycles. The van der Waals surface area contributed by atoms with E-state index < -0.39 is 21.4 Å². The van der Waals surface area contributed by atoms with Gasteiger partial charge >= 0.3 is 5.97 Å². The van der Waals surface area contributed by atoms with E-state index in [0.29, 0.717) is 6.08 Å². The predicted octanol–water partition coefficient (Wildman–Crippen LogP) is -1.91. The number of hydrogen-bond acceptors (Lipinski definition) is 9. The summed E-state index contributed by atoms with van der Waals surface area (Å²) in [6, 6.07) is 0. The summed E-state index contributed by atoms with van der Waals surface area (Å²) in [7, 11) is -9.37. The molecule has 0 N–H and O–H groups in total. The van der Waals surface area contributed by atoms with Crippen molar-refractivity contribution in [1.82, 2.24) is 0 Å². The normalized spacial score (nSPS) is 15.8. The molecule has 0 saturated carbocycles. The second-order valence-corrected chi connectivity index (χ2v) is 5.47. The summed E-state index contributed by atoms with van der Waals surface area (Å²) in [6.45, 7) is 0.00668. The van der Waals surface area contributed by atoms with Gasteiger partial charge in [0.05, 0.1) is 14.4 Å². The van der Waals surface area contributed by atoms with E-state index in [0.717, 1.165) is 0 Å². The van der Waals surface area contributed by atoms with E-state index in [-0.39, 0.29) is 19.0 Å². The van der Waals surface area contributed by atoms with Crippen LogP contribution in [0.5, 0.6) is 0 Å². The minimum atomic E-state index is -5.67. The molecule has 0 spiro atoms. The number of carbonyl (C=O) groups is 1. The average molecular weight is 287 g/mol. The molecule has 0 aromatic heterocycles. The lowest BCUT2D eigenvalue weighted by molar-refractivity contribution is -0.337. The van der Waals surface area contributed by atoms with Crippen LogP contribution in [-0.2, 0) is 27.7 Å². The van der Waals surface area contributed by atoms with Gasteiger partial charge in [-0.2, -0.15) is 0 Å². The summed E-state index contributed by atoms with van der Waals surface area (Å²) >= 11 is 0. The molecular formula is C6H9O9P2-3. The zero-order valence-corrected chi connectivity index (χ0v) is 10.4. The SMILES string of the molecule is COCCOC(=O)/C=C/P(=O)([O-])OP(=O)([O-])[O-]. The fourth-order valence-corrected chi connectivity index (χ4v) is 2.23. The van der Waals surface area contributed by atoms with Gasteiger partial charge in [0.2, 0.25) is 0 Å². The van der Waals surface area contributed by atoms with Crippen molar-refractivity contribution in [3.8, 4) is 0 Å². The molecule has 0 amide bonds. The van der Waals surface area contributed by atoms with E-state index in [9.17, 15) is 28.6 Å². The Bertz CT molecular complexity index is 370. The van der Waals surface area contributed by atoms with Crippen LogP contribution in [0, 0.1) is 0 Å². The smallest absolute Gasteiger partial charge is 0.331 e. The van der Waals surface area contributed by atoms with Crippen LogP contribution in [0.3, 0.4) is 0 Å². The highest BCUT2D eigenvalue weighted by Crippen LogP contribution is 2.50. The fraction of sp³-hybridized carbons (Fsp3) is 0.500. The van der Waals surface area contributed by atoms with Crippen LogP contribution in [0.2, 0.25) is 0 Å². The maximum Gasteiger partial charge on any atom is 0.331 e. The van der Waals surface area contributed by atoms with Crippen LogP contribution in [0.1, 0.15) is 0 Å². The molecule has 0 aliphatic heterocycles. The Morgan fingerprint density at radius 1 is 1.24 bits per heavy atom. The van der Waals surface area contributed by atoms with Crippen LogP contribution in [0.15, 0.2) is 11.9 Å². The molecule has 0 rings (SSSR count). The molecular weight excluding hydrogens is 278 g/mol. The Morgan fingerprint density at radius 2 is 1.82 bits per heavy atom. The molecule has 17 heavy (non-hydrogen) atoms. The van der Waals surface area contributed by atoms with Gasteiger partial charge in [0.1, 0.15) is 6.61 Å². The van der Waals surface area contributed by atoms with Gasteiger partial charge in [0.15, 0.2) is 7.60 Å². The monoisotopic (exact) mass is 287 g/mol. The van der Waals surface area contributed by atoms with Crippen LogP contribution < -0.4 is 14.7 Å². The molecule has 0 aromatic rings. The number of carbonyl (C=O) groups excluding carboxylic acids is 1. The zero-order chi connectivity index (χ0) is 13.5. The molecule has 9 nitrogen and oxygen atoms in total. The highest BCUT2D eigenvalue weighted by atomic mass is 31.3. The lowest BCUT2D eigenvalue weighted by atomic mass is 10.6. The minimum Gasteiger partial charge on any atom is -0.790 e. The molecule has 0 heterocycles. The number of rotatable bonds is 7. The third kappa shape index (κ3) is 10.3. The average Bonchev–Trinajstić information content (AvgIpc) is 2.12. The second kappa shape index (κ2) is 7.03. The van der Waals surface area contributed by atoms with Crippen molar-refractivity contribution in [3.05, 3.63) is 11.9 Å². The van der Waals surface area contributed by atoms with Gasteiger partial charge in [-0.3, -0.25) is 0 Å². The first-order chi connectivity index (χ1) is 7.66. The van der Waals surface area contributed by atoms with E-state index >= 15 is 0 Å².